The van der Waals surface area contributed by atoms with E-state index in [9.17, 15) is 14.4 Å². The molecule has 3 rings (SSSR count). The van der Waals surface area contributed by atoms with E-state index in [1.165, 1.54) is 0 Å². The number of rotatable bonds is 1. The molecule has 1 aromatic rings. The first kappa shape index (κ1) is 12.3. The van der Waals surface area contributed by atoms with Crippen molar-refractivity contribution in [3.8, 4) is 0 Å². The lowest BCUT2D eigenvalue weighted by Gasteiger charge is -2.31. The van der Waals surface area contributed by atoms with Crippen LogP contribution in [0.15, 0.2) is 22.7 Å². The lowest BCUT2D eigenvalue weighted by atomic mass is 10.0. The van der Waals surface area contributed by atoms with Gasteiger partial charge in [0.15, 0.2) is 0 Å². The van der Waals surface area contributed by atoms with Gasteiger partial charge < -0.3 is 0 Å². The van der Waals surface area contributed by atoms with E-state index in [1.54, 1.807) is 12.1 Å². The summed E-state index contributed by atoms with van der Waals surface area (Å²) in [6.07, 6.45) is 1.02. The molecule has 0 aromatic heterocycles. The van der Waals surface area contributed by atoms with Crippen LogP contribution in [-0.2, 0) is 9.59 Å². The molecule has 1 aliphatic carbocycles. The minimum Gasteiger partial charge on any atom is -0.276 e. The Morgan fingerprint density at radius 1 is 1.26 bits per heavy atom. The van der Waals surface area contributed by atoms with Crippen molar-refractivity contribution in [2.75, 3.05) is 4.90 Å². The Bertz CT molecular complexity index is 622. The number of urea groups is 1. The first-order valence-electron chi connectivity index (χ1n) is 5.92. The van der Waals surface area contributed by atoms with Crippen molar-refractivity contribution in [3.05, 3.63) is 28.2 Å². The molecule has 5 nitrogen and oxygen atoms in total. The maximum atomic E-state index is 12.4. The molecule has 1 heterocycles. The zero-order chi connectivity index (χ0) is 13.8. The van der Waals surface area contributed by atoms with Crippen molar-refractivity contribution in [2.24, 2.45) is 5.41 Å². The third-order valence-corrected chi connectivity index (χ3v) is 4.56. The van der Waals surface area contributed by atoms with Crippen LogP contribution in [0, 0.1) is 12.3 Å². The van der Waals surface area contributed by atoms with Gasteiger partial charge in [0.1, 0.15) is 5.41 Å². The van der Waals surface area contributed by atoms with E-state index in [4.69, 9.17) is 0 Å². The van der Waals surface area contributed by atoms with Crippen LogP contribution < -0.4 is 10.2 Å². The Morgan fingerprint density at radius 2 is 1.95 bits per heavy atom. The molecule has 1 saturated heterocycles. The normalized spacial score (nSPS) is 20.7. The fourth-order valence-electron chi connectivity index (χ4n) is 2.30. The van der Waals surface area contributed by atoms with Gasteiger partial charge in [0.2, 0.25) is 5.91 Å². The Kier molecular flexibility index (Phi) is 2.53. The Labute approximate surface area is 118 Å². The molecular formula is C13H11BrN2O3. The number of hydrogen-bond donors (Lipinski definition) is 1. The van der Waals surface area contributed by atoms with Gasteiger partial charge in [-0.2, -0.15) is 0 Å². The highest BCUT2D eigenvalue weighted by Crippen LogP contribution is 2.50. The molecule has 1 aliphatic heterocycles. The lowest BCUT2D eigenvalue weighted by Crippen LogP contribution is -2.59. The zero-order valence-corrected chi connectivity index (χ0v) is 11.8. The minimum absolute atomic E-state index is 0.414. The SMILES string of the molecule is Cc1c(Br)cccc1N1C(=O)NC(=O)C2(CC2)C1=O. The van der Waals surface area contributed by atoms with E-state index < -0.39 is 23.3 Å². The number of halogens is 1. The molecule has 6 heteroatoms. The molecular weight excluding hydrogens is 312 g/mol. The molecule has 4 amide bonds. The highest BCUT2D eigenvalue weighted by Gasteiger charge is 2.62. The second-order valence-electron chi connectivity index (χ2n) is 4.87. The number of nitrogens with one attached hydrogen (secondary N) is 1. The molecule has 0 bridgehead atoms. The second kappa shape index (κ2) is 3.90. The van der Waals surface area contributed by atoms with Crippen LogP contribution in [0.4, 0.5) is 10.5 Å². The summed E-state index contributed by atoms with van der Waals surface area (Å²) in [6.45, 7) is 1.82. The summed E-state index contributed by atoms with van der Waals surface area (Å²) in [5.41, 5.74) is 0.287. The predicted molar refractivity (Wildman–Crippen MR) is 71.6 cm³/mol. The Morgan fingerprint density at radius 3 is 2.58 bits per heavy atom. The maximum absolute atomic E-state index is 12.4. The molecule has 98 valence electrons. The molecule has 1 saturated carbocycles. The fraction of sp³-hybridized carbons (Fsp3) is 0.308. The van der Waals surface area contributed by atoms with E-state index in [0.717, 1.165) is 14.9 Å². The molecule has 1 spiro atoms. The zero-order valence-electron chi connectivity index (χ0n) is 10.2. The first-order valence-corrected chi connectivity index (χ1v) is 6.72. The van der Waals surface area contributed by atoms with E-state index in [1.807, 2.05) is 13.0 Å². The summed E-state index contributed by atoms with van der Waals surface area (Å²) in [6, 6.07) is 4.61. The standard InChI is InChI=1S/C13H11BrN2O3/c1-7-8(14)3-2-4-9(7)16-11(18)13(5-6-13)10(17)15-12(16)19/h2-4H,5-6H2,1H3,(H,15,17,19). The third kappa shape index (κ3) is 1.63. The fourth-order valence-corrected chi connectivity index (χ4v) is 2.65. The van der Waals surface area contributed by atoms with E-state index in [2.05, 4.69) is 21.2 Å². The Hall–Kier alpha value is -1.69. The molecule has 19 heavy (non-hydrogen) atoms. The smallest absolute Gasteiger partial charge is 0.276 e. The van der Waals surface area contributed by atoms with E-state index >= 15 is 0 Å². The van der Waals surface area contributed by atoms with Gasteiger partial charge in [-0.3, -0.25) is 14.9 Å². The average molecular weight is 323 g/mol. The van der Waals surface area contributed by atoms with Gasteiger partial charge in [0.25, 0.3) is 5.91 Å². The van der Waals surface area contributed by atoms with Crippen LogP contribution in [0.1, 0.15) is 18.4 Å². The summed E-state index contributed by atoms with van der Waals surface area (Å²) in [7, 11) is 0. The molecule has 2 fully saturated rings. The summed E-state index contributed by atoms with van der Waals surface area (Å²) in [5.74, 6) is -0.881. The molecule has 0 unspecified atom stereocenters. The molecule has 1 aromatic carbocycles. The van der Waals surface area contributed by atoms with Crippen LogP contribution in [0.5, 0.6) is 0 Å². The van der Waals surface area contributed by atoms with Crippen molar-refractivity contribution >= 4 is 39.5 Å². The highest BCUT2D eigenvalue weighted by molar-refractivity contribution is 9.10. The predicted octanol–water partition coefficient (Wildman–Crippen LogP) is 2.12. The van der Waals surface area contributed by atoms with E-state index in [-0.39, 0.29) is 0 Å². The van der Waals surface area contributed by atoms with Gasteiger partial charge in [-0.25, -0.2) is 9.69 Å². The Balaban J connectivity index is 2.09. The summed E-state index contributed by atoms with van der Waals surface area (Å²) in [4.78, 5) is 37.2. The number of barbiturate groups is 1. The van der Waals surface area contributed by atoms with Gasteiger partial charge in [-0.05, 0) is 37.5 Å². The number of amides is 4. The second-order valence-corrected chi connectivity index (χ2v) is 5.72. The number of anilines is 1. The molecule has 0 atom stereocenters. The first-order chi connectivity index (χ1) is 8.97. The van der Waals surface area contributed by atoms with Crippen molar-refractivity contribution in [2.45, 2.75) is 19.8 Å². The molecule has 1 N–H and O–H groups in total. The topological polar surface area (TPSA) is 66.5 Å². The minimum atomic E-state index is -1.01. The number of nitrogens with zero attached hydrogens (tertiary/aromatic N) is 1. The van der Waals surface area contributed by atoms with E-state index in [0.29, 0.717) is 18.5 Å². The number of carbonyl (C=O) groups is 3. The van der Waals surface area contributed by atoms with Crippen LogP contribution in [0.25, 0.3) is 0 Å². The highest BCUT2D eigenvalue weighted by atomic mass is 79.9. The van der Waals surface area contributed by atoms with Crippen LogP contribution in [0.3, 0.4) is 0 Å². The number of imide groups is 2. The van der Waals surface area contributed by atoms with Crippen LogP contribution in [0.2, 0.25) is 0 Å². The summed E-state index contributed by atoms with van der Waals surface area (Å²) < 4.78 is 0.812. The number of benzene rings is 1. The average Bonchev–Trinajstić information content (AvgIpc) is 3.14. The van der Waals surface area contributed by atoms with Gasteiger partial charge in [-0.15, -0.1) is 0 Å². The van der Waals surface area contributed by atoms with Crippen LogP contribution >= 0.6 is 15.9 Å². The quantitative estimate of drug-likeness (QED) is 0.805. The molecule has 2 aliphatic rings. The molecule has 0 radical (unpaired) electrons. The number of hydrogen-bond acceptors (Lipinski definition) is 3. The van der Waals surface area contributed by atoms with Gasteiger partial charge in [0.05, 0.1) is 5.69 Å². The monoisotopic (exact) mass is 322 g/mol. The summed E-state index contributed by atoms with van der Waals surface area (Å²) >= 11 is 3.37. The van der Waals surface area contributed by atoms with Gasteiger partial charge in [-0.1, -0.05) is 22.0 Å². The van der Waals surface area contributed by atoms with Crippen molar-refractivity contribution in [3.63, 3.8) is 0 Å². The van der Waals surface area contributed by atoms with Crippen molar-refractivity contribution in [1.29, 1.82) is 0 Å². The van der Waals surface area contributed by atoms with Gasteiger partial charge in [0, 0.05) is 4.47 Å². The van der Waals surface area contributed by atoms with Crippen molar-refractivity contribution in [1.82, 2.24) is 5.32 Å². The lowest BCUT2D eigenvalue weighted by molar-refractivity contribution is -0.136. The summed E-state index contributed by atoms with van der Waals surface area (Å²) in [5, 5.41) is 2.27. The van der Waals surface area contributed by atoms with Crippen LogP contribution in [-0.4, -0.2) is 17.8 Å². The van der Waals surface area contributed by atoms with Crippen molar-refractivity contribution < 1.29 is 14.4 Å². The van der Waals surface area contributed by atoms with Gasteiger partial charge >= 0.3 is 6.03 Å². The third-order valence-electron chi connectivity index (χ3n) is 3.70. The number of carbonyl (C=O) groups excluding carboxylic acids is 3. The maximum Gasteiger partial charge on any atom is 0.335 e. The largest absolute Gasteiger partial charge is 0.335 e.